The monoisotopic (exact) mass is 618 g/mol. The first-order chi connectivity index (χ1) is 14.2. The molecule has 0 radical (unpaired) electrons. The van der Waals surface area contributed by atoms with Crippen molar-refractivity contribution in [2.24, 2.45) is 0 Å². The Bertz CT molecular complexity index is 815. The van der Waals surface area contributed by atoms with Crippen molar-refractivity contribution in [3.05, 3.63) is 37.1 Å². The molecule has 0 aromatic rings. The first kappa shape index (κ1) is 25.5. The maximum atomic E-state index is 12.0. The summed E-state index contributed by atoms with van der Waals surface area (Å²) in [6, 6.07) is 0. The highest BCUT2D eigenvalue weighted by Crippen LogP contribution is 2.58. The SMILES string of the molecule is COC(=O)C1=C(C(=O)OC)SC(=C(Br)C(Br)=C2SC(C(=O)OC)=C(C(=O)OC)S2)S1. The van der Waals surface area contributed by atoms with Crippen LogP contribution in [-0.4, -0.2) is 52.3 Å². The first-order valence-corrected chi connectivity index (χ1v) is 12.4. The average molecular weight is 620 g/mol. The van der Waals surface area contributed by atoms with Gasteiger partial charge in [-0.3, -0.25) is 0 Å². The van der Waals surface area contributed by atoms with E-state index in [0.29, 0.717) is 17.4 Å². The number of carbonyl (C=O) groups excluding carboxylic acids is 4. The summed E-state index contributed by atoms with van der Waals surface area (Å²) in [6.45, 7) is 0. The Balaban J connectivity index is 2.41. The predicted molar refractivity (Wildman–Crippen MR) is 124 cm³/mol. The molecule has 0 spiro atoms. The molecule has 0 saturated heterocycles. The summed E-state index contributed by atoms with van der Waals surface area (Å²) < 4.78 is 21.1. The van der Waals surface area contributed by atoms with Crippen molar-refractivity contribution in [3.8, 4) is 0 Å². The van der Waals surface area contributed by atoms with Gasteiger partial charge in [-0.1, -0.05) is 47.0 Å². The molecule has 0 atom stereocenters. The lowest BCUT2D eigenvalue weighted by atomic mass is 10.5. The molecule has 0 fully saturated rings. The Morgan fingerprint density at radius 3 is 0.900 bits per heavy atom. The molecule has 0 unspecified atom stereocenters. The van der Waals surface area contributed by atoms with Gasteiger partial charge in [0.2, 0.25) is 0 Å². The van der Waals surface area contributed by atoms with Crippen molar-refractivity contribution in [2.45, 2.75) is 0 Å². The van der Waals surface area contributed by atoms with E-state index in [4.69, 9.17) is 18.9 Å². The maximum absolute atomic E-state index is 12.0. The third-order valence-corrected chi connectivity index (χ3v) is 11.5. The van der Waals surface area contributed by atoms with Crippen LogP contribution in [0.2, 0.25) is 0 Å². The second kappa shape index (κ2) is 11.2. The van der Waals surface area contributed by atoms with Crippen LogP contribution in [0.1, 0.15) is 0 Å². The van der Waals surface area contributed by atoms with E-state index in [1.54, 1.807) is 0 Å². The molecular formula is C16H12Br2O8S4. The summed E-state index contributed by atoms with van der Waals surface area (Å²) in [5, 5.41) is 0. The van der Waals surface area contributed by atoms with Crippen LogP contribution < -0.4 is 0 Å². The topological polar surface area (TPSA) is 105 Å². The van der Waals surface area contributed by atoms with Crippen molar-refractivity contribution in [2.75, 3.05) is 28.4 Å². The first-order valence-electron chi connectivity index (χ1n) is 7.53. The van der Waals surface area contributed by atoms with Gasteiger partial charge in [0.05, 0.1) is 45.9 Å². The van der Waals surface area contributed by atoms with Gasteiger partial charge in [-0.15, -0.1) is 0 Å². The van der Waals surface area contributed by atoms with E-state index in [0.717, 1.165) is 47.0 Å². The van der Waals surface area contributed by atoms with Gasteiger partial charge in [-0.2, -0.15) is 0 Å². The van der Waals surface area contributed by atoms with Crippen LogP contribution >= 0.6 is 78.9 Å². The van der Waals surface area contributed by atoms with E-state index in [1.807, 2.05) is 0 Å². The highest BCUT2D eigenvalue weighted by molar-refractivity contribution is 9.15. The van der Waals surface area contributed by atoms with Gasteiger partial charge in [0, 0.05) is 0 Å². The zero-order valence-corrected chi connectivity index (χ0v) is 22.1. The van der Waals surface area contributed by atoms with E-state index >= 15 is 0 Å². The molecular weight excluding hydrogens is 608 g/mol. The molecule has 2 rings (SSSR count). The number of allylic oxidation sites excluding steroid dienone is 2. The summed E-state index contributed by atoms with van der Waals surface area (Å²) in [5.41, 5.74) is 0. The van der Waals surface area contributed by atoms with Crippen molar-refractivity contribution in [3.63, 3.8) is 0 Å². The van der Waals surface area contributed by atoms with Gasteiger partial charge >= 0.3 is 23.9 Å². The lowest BCUT2D eigenvalue weighted by Crippen LogP contribution is -2.08. The zero-order valence-electron chi connectivity index (χ0n) is 15.7. The minimum atomic E-state index is -0.667. The van der Waals surface area contributed by atoms with Gasteiger partial charge in [0.1, 0.15) is 19.6 Å². The highest BCUT2D eigenvalue weighted by atomic mass is 79.9. The average Bonchev–Trinajstić information content (AvgIpc) is 3.41. The second-order valence-electron chi connectivity index (χ2n) is 4.89. The van der Waals surface area contributed by atoms with Gasteiger partial charge < -0.3 is 18.9 Å². The van der Waals surface area contributed by atoms with Gasteiger partial charge in [-0.05, 0) is 31.9 Å². The fraction of sp³-hybridized carbons (Fsp3) is 0.250. The lowest BCUT2D eigenvalue weighted by molar-refractivity contribution is -0.138. The van der Waals surface area contributed by atoms with E-state index in [1.165, 1.54) is 28.4 Å². The van der Waals surface area contributed by atoms with Crippen molar-refractivity contribution >= 4 is 103 Å². The fourth-order valence-corrected chi connectivity index (χ4v) is 8.47. The summed E-state index contributed by atoms with van der Waals surface area (Å²) in [5.74, 6) is -2.67. The van der Waals surface area contributed by atoms with Crippen molar-refractivity contribution in [1.29, 1.82) is 0 Å². The van der Waals surface area contributed by atoms with Crippen molar-refractivity contribution in [1.82, 2.24) is 0 Å². The van der Waals surface area contributed by atoms with Crippen molar-refractivity contribution < 1.29 is 38.1 Å². The number of methoxy groups -OCH3 is 4. The number of carbonyl (C=O) groups is 4. The van der Waals surface area contributed by atoms with Crippen LogP contribution in [0, 0.1) is 0 Å². The number of halogens is 2. The van der Waals surface area contributed by atoms with Crippen LogP contribution in [-0.2, 0) is 38.1 Å². The Labute approximate surface area is 205 Å². The molecule has 8 nitrogen and oxygen atoms in total. The predicted octanol–water partition coefficient (Wildman–Crippen LogP) is 4.19. The lowest BCUT2D eigenvalue weighted by Gasteiger charge is -2.06. The molecule has 162 valence electrons. The fourth-order valence-electron chi connectivity index (χ4n) is 1.86. The summed E-state index contributed by atoms with van der Waals surface area (Å²) >= 11 is 11.0. The molecule has 30 heavy (non-hydrogen) atoms. The Morgan fingerprint density at radius 2 is 0.733 bits per heavy atom. The largest absolute Gasteiger partial charge is 0.465 e. The minimum absolute atomic E-state index is 0.0990. The number of esters is 4. The van der Waals surface area contributed by atoms with E-state index in [9.17, 15) is 19.2 Å². The number of ether oxygens (including phenoxy) is 4. The molecule has 14 heteroatoms. The molecule has 0 aromatic carbocycles. The maximum Gasteiger partial charge on any atom is 0.346 e. The molecule has 0 aliphatic carbocycles. The third kappa shape index (κ3) is 5.33. The van der Waals surface area contributed by atoms with Gasteiger partial charge in [0.25, 0.3) is 0 Å². The molecule has 2 aliphatic rings. The smallest absolute Gasteiger partial charge is 0.346 e. The standard InChI is InChI=1S/C16H12Br2O8S4/c1-23-11(19)7-8(12(20)24-2)28-15(27-7)5(17)6(18)16-29-9(13(21)25-3)10(30-16)14(22)26-4/h1-4H3. The van der Waals surface area contributed by atoms with Crippen LogP contribution in [0.5, 0.6) is 0 Å². The van der Waals surface area contributed by atoms with Gasteiger partial charge in [-0.25, -0.2) is 19.2 Å². The molecule has 0 bridgehead atoms. The van der Waals surface area contributed by atoms with Gasteiger partial charge in [0.15, 0.2) is 0 Å². The third-order valence-electron chi connectivity index (χ3n) is 3.23. The van der Waals surface area contributed by atoms with E-state index in [2.05, 4.69) is 31.9 Å². The number of thioether (sulfide) groups is 4. The Hall–Kier alpha value is -0.800. The normalized spacial score (nSPS) is 15.9. The van der Waals surface area contributed by atoms with Crippen LogP contribution in [0.15, 0.2) is 37.1 Å². The summed E-state index contributed by atoms with van der Waals surface area (Å²) in [6.07, 6.45) is 0. The van der Waals surface area contributed by atoms with E-state index in [-0.39, 0.29) is 19.6 Å². The highest BCUT2D eigenvalue weighted by Gasteiger charge is 2.37. The molecule has 0 N–H and O–H groups in total. The quantitative estimate of drug-likeness (QED) is 0.325. The number of rotatable bonds is 5. The minimum Gasteiger partial charge on any atom is -0.465 e. The molecule has 0 saturated carbocycles. The number of hydrogen-bond acceptors (Lipinski definition) is 12. The molecule has 0 amide bonds. The summed E-state index contributed by atoms with van der Waals surface area (Å²) in [7, 11) is 4.85. The molecule has 0 aromatic heterocycles. The van der Waals surface area contributed by atoms with E-state index < -0.39 is 23.9 Å². The van der Waals surface area contributed by atoms with Crippen LogP contribution in [0.3, 0.4) is 0 Å². The summed E-state index contributed by atoms with van der Waals surface area (Å²) in [4.78, 5) is 48.6. The number of hydrogen-bond donors (Lipinski definition) is 0. The molecule has 2 heterocycles. The Kier molecular flexibility index (Phi) is 9.49. The molecule has 2 aliphatic heterocycles. The Morgan fingerprint density at radius 1 is 0.533 bits per heavy atom. The van der Waals surface area contributed by atoms with Crippen LogP contribution in [0.25, 0.3) is 0 Å². The second-order valence-corrected chi connectivity index (χ2v) is 11.1. The van der Waals surface area contributed by atoms with Crippen LogP contribution in [0.4, 0.5) is 0 Å². The zero-order chi connectivity index (χ0) is 22.6.